The van der Waals surface area contributed by atoms with Crippen LogP contribution in [0.1, 0.15) is 29.8 Å². The number of ether oxygens (including phenoxy) is 1. The summed E-state index contributed by atoms with van der Waals surface area (Å²) in [5.41, 5.74) is 4.17. The summed E-state index contributed by atoms with van der Waals surface area (Å²) in [7, 11) is 1.64. The van der Waals surface area contributed by atoms with Crippen molar-refractivity contribution >= 4 is 34.1 Å². The van der Waals surface area contributed by atoms with Gasteiger partial charge < -0.3 is 9.15 Å². The van der Waals surface area contributed by atoms with Crippen molar-refractivity contribution in [3.05, 3.63) is 70.4 Å². The highest BCUT2D eigenvalue weighted by Gasteiger charge is 2.32. The molecular weight excluding hydrogens is 398 g/mol. The minimum atomic E-state index is -0.0623. The number of hydrogen-bond acceptors (Lipinski definition) is 6. The molecule has 1 amide bonds. The van der Waals surface area contributed by atoms with Crippen molar-refractivity contribution in [2.45, 2.75) is 19.4 Å². The number of hydrazone groups is 1. The Morgan fingerprint density at radius 3 is 2.67 bits per heavy atom. The van der Waals surface area contributed by atoms with Gasteiger partial charge in [0.15, 0.2) is 5.58 Å². The van der Waals surface area contributed by atoms with E-state index in [2.05, 4.69) is 10.1 Å². The zero-order chi connectivity index (χ0) is 20.7. The van der Waals surface area contributed by atoms with Crippen LogP contribution in [-0.2, 0) is 4.79 Å². The summed E-state index contributed by atoms with van der Waals surface area (Å²) >= 11 is 1.64. The van der Waals surface area contributed by atoms with Crippen LogP contribution in [0.4, 0.5) is 0 Å². The maximum atomic E-state index is 12.1. The minimum Gasteiger partial charge on any atom is -0.497 e. The van der Waals surface area contributed by atoms with Crippen LogP contribution in [0.15, 0.2) is 69.5 Å². The van der Waals surface area contributed by atoms with Gasteiger partial charge in [0.25, 0.3) is 0 Å². The summed E-state index contributed by atoms with van der Waals surface area (Å²) in [5.74, 6) is 1.28. The number of carbonyl (C=O) groups is 1. The SMILES string of the molecule is COc1ccc(-c2nc3cc(C4=NN(C(C)=O)C(c5cccs5)C4)ccc3o2)cc1. The summed E-state index contributed by atoms with van der Waals surface area (Å²) < 4.78 is 11.1. The van der Waals surface area contributed by atoms with Gasteiger partial charge in [-0.3, -0.25) is 4.79 Å². The number of rotatable bonds is 4. The van der Waals surface area contributed by atoms with Crippen LogP contribution in [-0.4, -0.2) is 28.7 Å². The molecule has 0 saturated heterocycles. The van der Waals surface area contributed by atoms with E-state index in [-0.39, 0.29) is 11.9 Å². The Morgan fingerprint density at radius 2 is 1.97 bits per heavy atom. The maximum absolute atomic E-state index is 12.1. The molecule has 0 radical (unpaired) electrons. The lowest BCUT2D eigenvalue weighted by Crippen LogP contribution is -2.23. The van der Waals surface area contributed by atoms with Gasteiger partial charge in [0.05, 0.1) is 18.9 Å². The lowest BCUT2D eigenvalue weighted by Gasteiger charge is -2.18. The van der Waals surface area contributed by atoms with Gasteiger partial charge in [-0.05, 0) is 53.9 Å². The highest BCUT2D eigenvalue weighted by atomic mass is 32.1. The van der Waals surface area contributed by atoms with Gasteiger partial charge in [-0.15, -0.1) is 11.3 Å². The number of amides is 1. The summed E-state index contributed by atoms with van der Waals surface area (Å²) in [6, 6.07) is 17.4. The highest BCUT2D eigenvalue weighted by molar-refractivity contribution is 7.10. The molecule has 1 unspecified atom stereocenters. The molecule has 1 atom stereocenters. The maximum Gasteiger partial charge on any atom is 0.240 e. The zero-order valence-corrected chi connectivity index (χ0v) is 17.3. The number of fused-ring (bicyclic) bond motifs is 1. The fourth-order valence-corrected chi connectivity index (χ4v) is 4.45. The first kappa shape index (κ1) is 18.6. The van der Waals surface area contributed by atoms with Crippen molar-refractivity contribution in [1.82, 2.24) is 9.99 Å². The van der Waals surface area contributed by atoms with Crippen molar-refractivity contribution in [1.29, 1.82) is 0 Å². The number of carbonyl (C=O) groups excluding carboxylic acids is 1. The standard InChI is InChI=1S/C23H19N3O3S/c1-14(27)26-20(22-4-3-11-30-22)13-18(25-26)16-7-10-21-19(12-16)24-23(29-21)15-5-8-17(28-2)9-6-15/h3-12,20H,13H2,1-2H3. The fraction of sp³-hybridized carbons (Fsp3) is 0.174. The number of aromatic nitrogens is 1. The Kier molecular flexibility index (Phi) is 4.59. The molecule has 30 heavy (non-hydrogen) atoms. The van der Waals surface area contributed by atoms with Gasteiger partial charge in [0.1, 0.15) is 11.3 Å². The molecule has 0 saturated carbocycles. The first-order valence-electron chi connectivity index (χ1n) is 9.58. The predicted octanol–water partition coefficient (Wildman–Crippen LogP) is 5.26. The number of hydrogen-bond donors (Lipinski definition) is 0. The van der Waals surface area contributed by atoms with Gasteiger partial charge in [-0.25, -0.2) is 9.99 Å². The molecule has 2 aromatic carbocycles. The van der Waals surface area contributed by atoms with Crippen LogP contribution in [0.5, 0.6) is 5.75 Å². The van der Waals surface area contributed by atoms with E-state index in [1.165, 1.54) is 0 Å². The van der Waals surface area contributed by atoms with E-state index in [0.29, 0.717) is 17.9 Å². The van der Waals surface area contributed by atoms with E-state index in [4.69, 9.17) is 9.15 Å². The monoisotopic (exact) mass is 417 g/mol. The molecule has 0 fully saturated rings. The van der Waals surface area contributed by atoms with Crippen molar-refractivity contribution in [2.24, 2.45) is 5.10 Å². The molecule has 0 spiro atoms. The summed E-state index contributed by atoms with van der Waals surface area (Å²) in [4.78, 5) is 17.9. The number of thiophene rings is 1. The average molecular weight is 417 g/mol. The van der Waals surface area contributed by atoms with Crippen LogP contribution in [0.2, 0.25) is 0 Å². The van der Waals surface area contributed by atoms with Crippen molar-refractivity contribution in [2.75, 3.05) is 7.11 Å². The molecule has 4 aromatic rings. The van der Waals surface area contributed by atoms with Gasteiger partial charge in [-0.2, -0.15) is 5.10 Å². The Morgan fingerprint density at radius 1 is 1.17 bits per heavy atom. The third-order valence-corrected chi connectivity index (χ3v) is 6.14. The normalized spacial score (nSPS) is 16.1. The summed E-state index contributed by atoms with van der Waals surface area (Å²) in [6.07, 6.45) is 0.675. The van der Waals surface area contributed by atoms with Crippen LogP contribution in [0.3, 0.4) is 0 Å². The summed E-state index contributed by atoms with van der Waals surface area (Å²) in [5, 5.41) is 8.22. The smallest absolute Gasteiger partial charge is 0.240 e. The second kappa shape index (κ2) is 7.42. The largest absolute Gasteiger partial charge is 0.497 e. The lowest BCUT2D eigenvalue weighted by atomic mass is 10.0. The molecule has 0 aliphatic carbocycles. The number of oxazole rings is 1. The number of benzene rings is 2. The van der Waals surface area contributed by atoms with Gasteiger partial charge >= 0.3 is 0 Å². The van der Waals surface area contributed by atoms with Crippen molar-refractivity contribution in [3.63, 3.8) is 0 Å². The lowest BCUT2D eigenvalue weighted by molar-refractivity contribution is -0.130. The van der Waals surface area contributed by atoms with E-state index in [0.717, 1.165) is 33.0 Å². The molecule has 150 valence electrons. The zero-order valence-electron chi connectivity index (χ0n) is 16.5. The Hall–Kier alpha value is -3.45. The molecule has 7 heteroatoms. The Balaban J connectivity index is 1.47. The number of methoxy groups -OCH3 is 1. The topological polar surface area (TPSA) is 67.9 Å². The van der Waals surface area contributed by atoms with Gasteiger partial charge in [-0.1, -0.05) is 6.07 Å². The third-order valence-electron chi connectivity index (χ3n) is 5.16. The third kappa shape index (κ3) is 3.27. The van der Waals surface area contributed by atoms with E-state index < -0.39 is 0 Å². The fourth-order valence-electron chi connectivity index (χ4n) is 3.64. The molecule has 0 bridgehead atoms. The van der Waals surface area contributed by atoms with Gasteiger partial charge in [0, 0.05) is 29.3 Å². The average Bonchev–Trinajstić information content (AvgIpc) is 3.51. The Labute approximate surface area is 177 Å². The van der Waals surface area contributed by atoms with E-state index >= 15 is 0 Å². The van der Waals surface area contributed by atoms with E-state index in [1.54, 1.807) is 30.4 Å². The first-order chi connectivity index (χ1) is 14.6. The molecule has 2 aromatic heterocycles. The van der Waals surface area contributed by atoms with Crippen LogP contribution >= 0.6 is 11.3 Å². The molecule has 6 nitrogen and oxygen atoms in total. The second-order valence-corrected chi connectivity index (χ2v) is 8.05. The molecule has 1 aliphatic rings. The second-order valence-electron chi connectivity index (χ2n) is 7.08. The molecule has 5 rings (SSSR count). The molecule has 1 aliphatic heterocycles. The van der Waals surface area contributed by atoms with E-state index in [1.807, 2.05) is 60.0 Å². The van der Waals surface area contributed by atoms with Crippen LogP contribution < -0.4 is 4.74 Å². The Bertz CT molecular complexity index is 1240. The van der Waals surface area contributed by atoms with Crippen LogP contribution in [0, 0.1) is 0 Å². The number of nitrogens with zero attached hydrogens (tertiary/aromatic N) is 3. The van der Waals surface area contributed by atoms with Crippen molar-refractivity contribution < 1.29 is 13.9 Å². The minimum absolute atomic E-state index is 0.0552. The van der Waals surface area contributed by atoms with E-state index in [9.17, 15) is 4.79 Å². The quantitative estimate of drug-likeness (QED) is 0.454. The van der Waals surface area contributed by atoms with Crippen LogP contribution in [0.25, 0.3) is 22.6 Å². The molecular formula is C23H19N3O3S. The first-order valence-corrected chi connectivity index (χ1v) is 10.5. The van der Waals surface area contributed by atoms with Gasteiger partial charge in [0.2, 0.25) is 11.8 Å². The summed E-state index contributed by atoms with van der Waals surface area (Å²) in [6.45, 7) is 1.55. The molecule has 3 heterocycles. The predicted molar refractivity (Wildman–Crippen MR) is 117 cm³/mol. The molecule has 0 N–H and O–H groups in total. The van der Waals surface area contributed by atoms with Crippen molar-refractivity contribution in [3.8, 4) is 17.2 Å². The highest BCUT2D eigenvalue weighted by Crippen LogP contribution is 2.36.